The summed E-state index contributed by atoms with van der Waals surface area (Å²) in [7, 11) is 3.54. The molecule has 1 aromatic carbocycles. The van der Waals surface area contributed by atoms with Crippen LogP contribution < -0.4 is 21.6 Å². The number of fused-ring (bicyclic) bond motifs is 1. The summed E-state index contributed by atoms with van der Waals surface area (Å²) in [6, 6.07) is 5.79. The third kappa shape index (κ3) is 4.44. The van der Waals surface area contributed by atoms with E-state index in [4.69, 9.17) is 4.98 Å². The molecule has 0 unspecified atom stereocenters. The molecule has 0 radical (unpaired) electrons. The third-order valence-electron chi connectivity index (χ3n) is 6.78. The summed E-state index contributed by atoms with van der Waals surface area (Å²) in [5.41, 5.74) is 3.66. The number of amides is 1. The molecule has 33 heavy (non-hydrogen) atoms. The van der Waals surface area contributed by atoms with E-state index in [0.29, 0.717) is 18.4 Å². The average molecular weight is 450 g/mol. The second-order valence-electron chi connectivity index (χ2n) is 9.20. The molecule has 0 aliphatic heterocycles. The van der Waals surface area contributed by atoms with Gasteiger partial charge in [-0.3, -0.25) is 13.9 Å². The number of anilines is 3. The molecule has 2 aromatic heterocycles. The van der Waals surface area contributed by atoms with E-state index in [1.165, 1.54) is 19.3 Å². The van der Waals surface area contributed by atoms with Gasteiger partial charge in [-0.15, -0.1) is 0 Å². The van der Waals surface area contributed by atoms with Gasteiger partial charge in [0.05, 0.1) is 11.0 Å². The molecule has 174 valence electrons. The molecule has 3 N–H and O–H groups in total. The lowest BCUT2D eigenvalue weighted by molar-refractivity contribution is -0.127. The molecule has 1 amide bonds. The van der Waals surface area contributed by atoms with Gasteiger partial charge in [-0.05, 0) is 56.2 Å². The molecule has 9 nitrogen and oxygen atoms in total. The SMILES string of the molecule is Cn1c(=O)n(C)c2cc(Nc3ncc(C4CC4)c(NCCCNC(=O)C4CCC4)n3)ccc21. The van der Waals surface area contributed by atoms with E-state index in [-0.39, 0.29) is 17.5 Å². The summed E-state index contributed by atoms with van der Waals surface area (Å²) in [4.78, 5) is 33.4. The van der Waals surface area contributed by atoms with Crippen molar-refractivity contribution in [3.63, 3.8) is 0 Å². The monoisotopic (exact) mass is 449 g/mol. The molecule has 3 aromatic rings. The average Bonchev–Trinajstić information content (AvgIpc) is 3.58. The minimum absolute atomic E-state index is 0.0532. The van der Waals surface area contributed by atoms with Crippen LogP contribution in [-0.2, 0) is 18.9 Å². The fourth-order valence-electron chi connectivity index (χ4n) is 4.32. The van der Waals surface area contributed by atoms with Crippen LogP contribution in [0.5, 0.6) is 0 Å². The summed E-state index contributed by atoms with van der Waals surface area (Å²) < 4.78 is 3.27. The van der Waals surface area contributed by atoms with Crippen LogP contribution in [0.25, 0.3) is 11.0 Å². The van der Waals surface area contributed by atoms with Crippen molar-refractivity contribution in [1.29, 1.82) is 0 Å². The van der Waals surface area contributed by atoms with Crippen molar-refractivity contribution in [2.24, 2.45) is 20.0 Å². The van der Waals surface area contributed by atoms with Gasteiger partial charge in [0.15, 0.2) is 0 Å². The smallest absolute Gasteiger partial charge is 0.328 e. The van der Waals surface area contributed by atoms with Gasteiger partial charge in [-0.25, -0.2) is 9.78 Å². The zero-order valence-electron chi connectivity index (χ0n) is 19.2. The third-order valence-corrected chi connectivity index (χ3v) is 6.78. The number of hydrogen-bond acceptors (Lipinski definition) is 6. The molecular formula is C24H31N7O2. The number of nitrogens with one attached hydrogen (secondary N) is 3. The Balaban J connectivity index is 1.24. The zero-order valence-corrected chi connectivity index (χ0v) is 19.2. The van der Waals surface area contributed by atoms with Crippen molar-refractivity contribution in [2.75, 3.05) is 23.7 Å². The molecule has 2 aliphatic rings. The van der Waals surface area contributed by atoms with Gasteiger partial charge in [0.25, 0.3) is 0 Å². The Kier molecular flexibility index (Phi) is 5.78. The predicted molar refractivity (Wildman–Crippen MR) is 129 cm³/mol. The van der Waals surface area contributed by atoms with Crippen LogP contribution in [0.3, 0.4) is 0 Å². The fourth-order valence-corrected chi connectivity index (χ4v) is 4.32. The van der Waals surface area contributed by atoms with Crippen molar-refractivity contribution >= 4 is 34.4 Å². The lowest BCUT2D eigenvalue weighted by Crippen LogP contribution is -2.35. The number of benzene rings is 1. The number of carbonyl (C=O) groups is 1. The number of imidazole rings is 1. The molecule has 2 aliphatic carbocycles. The molecule has 9 heteroatoms. The molecule has 2 saturated carbocycles. The lowest BCUT2D eigenvalue weighted by atomic mass is 9.85. The summed E-state index contributed by atoms with van der Waals surface area (Å²) in [5.74, 6) is 2.32. The Labute approximate surface area is 192 Å². The van der Waals surface area contributed by atoms with Crippen LogP contribution in [0.2, 0.25) is 0 Å². The Morgan fingerprint density at radius 1 is 1.09 bits per heavy atom. The summed E-state index contributed by atoms with van der Waals surface area (Å²) in [6.45, 7) is 1.41. The highest BCUT2D eigenvalue weighted by atomic mass is 16.2. The van der Waals surface area contributed by atoms with Crippen LogP contribution in [0.4, 0.5) is 17.5 Å². The molecule has 0 atom stereocenters. The van der Waals surface area contributed by atoms with Crippen LogP contribution in [-0.4, -0.2) is 38.1 Å². The normalized spacial score (nSPS) is 15.9. The highest BCUT2D eigenvalue weighted by Crippen LogP contribution is 2.42. The molecule has 0 bridgehead atoms. The first-order chi connectivity index (χ1) is 16.0. The van der Waals surface area contributed by atoms with E-state index in [1.54, 1.807) is 23.2 Å². The minimum atomic E-state index is -0.0532. The van der Waals surface area contributed by atoms with Crippen LogP contribution >= 0.6 is 0 Å². The zero-order chi connectivity index (χ0) is 22.9. The van der Waals surface area contributed by atoms with Gasteiger partial charge in [0.2, 0.25) is 11.9 Å². The van der Waals surface area contributed by atoms with E-state index in [9.17, 15) is 9.59 Å². The Hall–Kier alpha value is -3.36. The maximum Gasteiger partial charge on any atom is 0.328 e. The molecule has 0 saturated heterocycles. The molecule has 2 heterocycles. The van der Waals surface area contributed by atoms with Gasteiger partial charge in [0, 0.05) is 50.6 Å². The first-order valence-electron chi connectivity index (χ1n) is 11.8. The quantitative estimate of drug-likeness (QED) is 0.434. The number of aromatic nitrogens is 4. The number of aryl methyl sites for hydroxylation is 2. The number of rotatable bonds is 9. The molecule has 0 spiro atoms. The maximum atomic E-state index is 12.2. The largest absolute Gasteiger partial charge is 0.370 e. The number of carbonyl (C=O) groups excluding carboxylic acids is 1. The van der Waals surface area contributed by atoms with E-state index in [1.807, 2.05) is 24.4 Å². The topological polar surface area (TPSA) is 106 Å². The van der Waals surface area contributed by atoms with E-state index in [2.05, 4.69) is 20.9 Å². The fraction of sp³-hybridized carbons (Fsp3) is 0.500. The second-order valence-corrected chi connectivity index (χ2v) is 9.20. The van der Waals surface area contributed by atoms with Gasteiger partial charge >= 0.3 is 5.69 Å². The van der Waals surface area contributed by atoms with Crippen molar-refractivity contribution in [1.82, 2.24) is 24.4 Å². The Bertz CT molecular complexity index is 1240. The summed E-state index contributed by atoms with van der Waals surface area (Å²) >= 11 is 0. The van der Waals surface area contributed by atoms with Crippen molar-refractivity contribution in [3.05, 3.63) is 40.4 Å². The van der Waals surface area contributed by atoms with Gasteiger partial charge in [0.1, 0.15) is 5.82 Å². The summed E-state index contributed by atoms with van der Waals surface area (Å²) in [6.07, 6.45) is 8.31. The van der Waals surface area contributed by atoms with Crippen LogP contribution in [0, 0.1) is 5.92 Å². The molecule has 5 rings (SSSR count). The standard InChI is InChI=1S/C24H31N7O2/c1-30-19-10-9-17(13-20(19)31(2)24(30)33)28-23-27-14-18(15-7-8-15)21(29-23)25-11-4-12-26-22(32)16-5-3-6-16/h9-10,13-16H,3-8,11-12H2,1-2H3,(H,26,32)(H2,25,27,28,29). The number of nitrogens with zero attached hydrogens (tertiary/aromatic N) is 4. The van der Waals surface area contributed by atoms with Crippen LogP contribution in [0.15, 0.2) is 29.2 Å². The van der Waals surface area contributed by atoms with Crippen molar-refractivity contribution < 1.29 is 4.79 Å². The first kappa shape index (κ1) is 21.5. The van der Waals surface area contributed by atoms with Gasteiger partial charge in [-0.2, -0.15) is 4.98 Å². The number of hydrogen-bond donors (Lipinski definition) is 3. The Morgan fingerprint density at radius 3 is 2.61 bits per heavy atom. The minimum Gasteiger partial charge on any atom is -0.370 e. The predicted octanol–water partition coefficient (Wildman–Crippen LogP) is 3.01. The Morgan fingerprint density at radius 2 is 1.88 bits per heavy atom. The first-order valence-corrected chi connectivity index (χ1v) is 11.8. The maximum absolute atomic E-state index is 12.2. The second kappa shape index (κ2) is 8.88. The highest BCUT2D eigenvalue weighted by Gasteiger charge is 2.28. The van der Waals surface area contributed by atoms with Crippen molar-refractivity contribution in [2.45, 2.75) is 44.4 Å². The molecular weight excluding hydrogens is 418 g/mol. The van der Waals surface area contributed by atoms with Gasteiger partial charge in [-0.1, -0.05) is 6.42 Å². The highest BCUT2D eigenvalue weighted by molar-refractivity contribution is 5.81. The van der Waals surface area contributed by atoms with E-state index in [0.717, 1.165) is 53.9 Å². The molecule has 2 fully saturated rings. The lowest BCUT2D eigenvalue weighted by Gasteiger charge is -2.24. The van der Waals surface area contributed by atoms with E-state index < -0.39 is 0 Å². The van der Waals surface area contributed by atoms with Crippen LogP contribution in [0.1, 0.15) is 50.0 Å². The van der Waals surface area contributed by atoms with Gasteiger partial charge < -0.3 is 16.0 Å². The van der Waals surface area contributed by atoms with E-state index >= 15 is 0 Å². The van der Waals surface area contributed by atoms with Crippen molar-refractivity contribution in [3.8, 4) is 0 Å². The summed E-state index contributed by atoms with van der Waals surface area (Å²) in [5, 5.41) is 9.77.